The van der Waals surface area contributed by atoms with Crippen molar-refractivity contribution in [2.24, 2.45) is 10.4 Å². The van der Waals surface area contributed by atoms with E-state index in [1.807, 2.05) is 27.7 Å². The Morgan fingerprint density at radius 2 is 1.84 bits per heavy atom. The van der Waals surface area contributed by atoms with Gasteiger partial charge in [-0.05, 0) is 52.4 Å². The highest BCUT2D eigenvalue weighted by Crippen LogP contribution is 2.40. The lowest BCUT2D eigenvalue weighted by Gasteiger charge is -2.30. The largest absolute Gasteiger partial charge is 0.385 e. The first-order chi connectivity index (χ1) is 11.3. The normalized spacial score (nSPS) is 16.9. The fourth-order valence-electron chi connectivity index (χ4n) is 3.18. The monoisotopic (exact) mass is 468 g/mol. The molecule has 6 nitrogen and oxygen atoms in total. The fraction of sp³-hybridized carbons (Fsp3) is 0.889. The van der Waals surface area contributed by atoms with Gasteiger partial charge in [-0.1, -0.05) is 12.8 Å². The van der Waals surface area contributed by atoms with E-state index in [1.54, 1.807) is 7.11 Å². The topological polar surface area (TPSA) is 74.8 Å². The second kappa shape index (κ2) is 11.9. The molecule has 0 unspecified atom stereocenters. The molecule has 0 aromatic carbocycles. The van der Waals surface area contributed by atoms with Gasteiger partial charge in [0.1, 0.15) is 6.54 Å². The Balaban J connectivity index is 0.00000576. The molecular weight excluding hydrogens is 431 g/mol. The lowest BCUT2D eigenvalue weighted by atomic mass is 9.83. The third-order valence-corrected chi connectivity index (χ3v) is 4.37. The molecule has 1 fully saturated rings. The van der Waals surface area contributed by atoms with E-state index in [0.717, 1.165) is 26.1 Å². The maximum absolute atomic E-state index is 11.9. The van der Waals surface area contributed by atoms with Crippen LogP contribution in [0.15, 0.2) is 4.99 Å². The highest BCUT2D eigenvalue weighted by atomic mass is 127. The second-order valence-corrected chi connectivity index (χ2v) is 7.80. The zero-order valence-corrected chi connectivity index (χ0v) is 18.9. The van der Waals surface area contributed by atoms with Crippen molar-refractivity contribution in [1.82, 2.24) is 16.0 Å². The van der Waals surface area contributed by atoms with Gasteiger partial charge < -0.3 is 20.7 Å². The van der Waals surface area contributed by atoms with Crippen LogP contribution in [-0.4, -0.2) is 50.8 Å². The number of rotatable bonds is 8. The summed E-state index contributed by atoms with van der Waals surface area (Å²) in [5, 5.41) is 9.59. The van der Waals surface area contributed by atoms with Crippen LogP contribution in [0.1, 0.15) is 59.8 Å². The Bertz CT molecular complexity index is 416. The number of hydrogen-bond donors (Lipinski definition) is 3. The predicted octanol–water partition coefficient (Wildman–Crippen LogP) is 2.67. The van der Waals surface area contributed by atoms with E-state index in [4.69, 9.17) is 4.74 Å². The fourth-order valence-corrected chi connectivity index (χ4v) is 3.18. The molecule has 0 aromatic rings. The molecule has 25 heavy (non-hydrogen) atoms. The maximum atomic E-state index is 11.9. The Hall–Kier alpha value is -0.570. The zero-order chi connectivity index (χ0) is 18.1. The molecule has 0 bridgehead atoms. The van der Waals surface area contributed by atoms with E-state index in [-0.39, 0.29) is 42.0 Å². The Kier molecular flexibility index (Phi) is 11.7. The smallest absolute Gasteiger partial charge is 0.242 e. The van der Waals surface area contributed by atoms with Crippen LogP contribution in [0.2, 0.25) is 0 Å². The number of halogens is 1. The van der Waals surface area contributed by atoms with Gasteiger partial charge in [0.2, 0.25) is 5.91 Å². The van der Waals surface area contributed by atoms with Gasteiger partial charge in [0, 0.05) is 32.3 Å². The van der Waals surface area contributed by atoms with E-state index < -0.39 is 0 Å². The molecule has 7 heteroatoms. The number of nitrogens with one attached hydrogen (secondary N) is 3. The number of carbonyl (C=O) groups excluding carboxylic acids is 1. The summed E-state index contributed by atoms with van der Waals surface area (Å²) in [7, 11) is 1.76. The number of amides is 1. The summed E-state index contributed by atoms with van der Waals surface area (Å²) in [5.74, 6) is 0.653. The molecule has 0 radical (unpaired) electrons. The molecule has 1 amide bonds. The second-order valence-electron chi connectivity index (χ2n) is 7.80. The van der Waals surface area contributed by atoms with Crippen LogP contribution in [0.4, 0.5) is 0 Å². The van der Waals surface area contributed by atoms with E-state index >= 15 is 0 Å². The minimum Gasteiger partial charge on any atom is -0.385 e. The minimum absolute atomic E-state index is 0. The summed E-state index contributed by atoms with van der Waals surface area (Å²) in [6.45, 7) is 10.5. The molecule has 1 aliphatic rings. The van der Waals surface area contributed by atoms with Gasteiger partial charge >= 0.3 is 0 Å². The molecule has 1 aliphatic carbocycles. The first-order valence-electron chi connectivity index (χ1n) is 9.12. The van der Waals surface area contributed by atoms with Crippen molar-refractivity contribution in [1.29, 1.82) is 0 Å². The van der Waals surface area contributed by atoms with Crippen molar-refractivity contribution >= 4 is 35.8 Å². The zero-order valence-electron chi connectivity index (χ0n) is 16.5. The average Bonchev–Trinajstić information content (AvgIpc) is 2.95. The summed E-state index contributed by atoms with van der Waals surface area (Å²) in [5.41, 5.74) is 0.0618. The van der Waals surface area contributed by atoms with Gasteiger partial charge in [-0.3, -0.25) is 4.79 Å². The van der Waals surface area contributed by atoms with E-state index in [1.165, 1.54) is 25.7 Å². The molecule has 0 aromatic heterocycles. The molecule has 0 aliphatic heterocycles. The molecule has 3 N–H and O–H groups in total. The van der Waals surface area contributed by atoms with Crippen molar-refractivity contribution in [3.05, 3.63) is 0 Å². The highest BCUT2D eigenvalue weighted by molar-refractivity contribution is 14.0. The van der Waals surface area contributed by atoms with Crippen molar-refractivity contribution in [2.75, 3.05) is 33.4 Å². The molecule has 0 atom stereocenters. The molecule has 0 saturated heterocycles. The van der Waals surface area contributed by atoms with Gasteiger partial charge in [-0.25, -0.2) is 4.99 Å². The first kappa shape index (κ1) is 24.4. The molecule has 0 spiro atoms. The molecular formula is C18H37IN4O2. The van der Waals surface area contributed by atoms with Crippen LogP contribution in [0.3, 0.4) is 0 Å². The van der Waals surface area contributed by atoms with Crippen molar-refractivity contribution in [2.45, 2.75) is 65.3 Å². The van der Waals surface area contributed by atoms with Crippen LogP contribution in [-0.2, 0) is 9.53 Å². The van der Waals surface area contributed by atoms with E-state index in [9.17, 15) is 4.79 Å². The van der Waals surface area contributed by atoms with Crippen molar-refractivity contribution < 1.29 is 9.53 Å². The molecule has 1 rings (SSSR count). The van der Waals surface area contributed by atoms with Crippen LogP contribution in [0.25, 0.3) is 0 Å². The number of hydrogen-bond acceptors (Lipinski definition) is 3. The quantitative estimate of drug-likeness (QED) is 0.291. The maximum Gasteiger partial charge on any atom is 0.242 e. The summed E-state index contributed by atoms with van der Waals surface area (Å²) in [6.07, 6.45) is 6.10. The van der Waals surface area contributed by atoms with Gasteiger partial charge in [0.25, 0.3) is 0 Å². The average molecular weight is 468 g/mol. The predicted molar refractivity (Wildman–Crippen MR) is 115 cm³/mol. The Morgan fingerprint density at radius 3 is 2.36 bits per heavy atom. The number of guanidine groups is 1. The molecule has 0 heterocycles. The molecule has 148 valence electrons. The third-order valence-electron chi connectivity index (χ3n) is 4.37. The van der Waals surface area contributed by atoms with Crippen LogP contribution in [0, 0.1) is 5.41 Å². The van der Waals surface area contributed by atoms with Crippen LogP contribution >= 0.6 is 24.0 Å². The number of nitrogens with zero attached hydrogens (tertiary/aromatic N) is 1. The number of aliphatic imine (C=N–C) groups is 1. The Labute approximate surface area is 170 Å². The first-order valence-corrected chi connectivity index (χ1v) is 9.12. The highest BCUT2D eigenvalue weighted by Gasteiger charge is 2.33. The van der Waals surface area contributed by atoms with E-state index in [0.29, 0.717) is 11.4 Å². The summed E-state index contributed by atoms with van der Waals surface area (Å²) < 4.78 is 5.28. The van der Waals surface area contributed by atoms with Crippen molar-refractivity contribution in [3.63, 3.8) is 0 Å². The standard InChI is InChI=1S/C18H36N4O2.HI/c1-6-19-16(20-13-15(23)22-17(2,3)4)21-14-18(11-12-24-5)9-7-8-10-18;/h6-14H2,1-5H3,(H,22,23)(H2,19,20,21);1H. The number of ether oxygens (including phenoxy) is 1. The summed E-state index contributed by atoms with van der Waals surface area (Å²) in [4.78, 5) is 16.4. The lowest BCUT2D eigenvalue weighted by molar-refractivity contribution is -0.121. The Morgan fingerprint density at radius 1 is 1.20 bits per heavy atom. The molecule has 1 saturated carbocycles. The van der Waals surface area contributed by atoms with Gasteiger partial charge in [-0.2, -0.15) is 0 Å². The van der Waals surface area contributed by atoms with Crippen LogP contribution in [0.5, 0.6) is 0 Å². The van der Waals surface area contributed by atoms with Crippen LogP contribution < -0.4 is 16.0 Å². The number of methoxy groups -OCH3 is 1. The third kappa shape index (κ3) is 10.2. The number of carbonyl (C=O) groups is 1. The van der Waals surface area contributed by atoms with Gasteiger partial charge in [-0.15, -0.1) is 24.0 Å². The minimum atomic E-state index is -0.230. The summed E-state index contributed by atoms with van der Waals surface area (Å²) >= 11 is 0. The lowest BCUT2D eigenvalue weighted by Crippen LogP contribution is -2.45. The van der Waals surface area contributed by atoms with Gasteiger partial charge in [0.05, 0.1) is 0 Å². The van der Waals surface area contributed by atoms with Crippen molar-refractivity contribution in [3.8, 4) is 0 Å². The van der Waals surface area contributed by atoms with Gasteiger partial charge in [0.15, 0.2) is 5.96 Å². The summed E-state index contributed by atoms with van der Waals surface area (Å²) in [6, 6.07) is 0. The SMILES string of the molecule is CCNC(=NCC(=O)NC(C)(C)C)NCC1(CCOC)CCCC1.I. The van der Waals surface area contributed by atoms with E-state index in [2.05, 4.69) is 20.9 Å².